The number of carbonyl (C=O) groups is 2. The number of ether oxygens (including phenoxy) is 5. The van der Waals surface area contributed by atoms with E-state index in [1.807, 2.05) is 30.3 Å². The molecule has 12 heteroatoms. The van der Waals surface area contributed by atoms with Crippen molar-refractivity contribution in [3.8, 4) is 34.1 Å². The molecule has 3 aliphatic heterocycles. The van der Waals surface area contributed by atoms with Gasteiger partial charge in [-0.25, -0.2) is 4.79 Å². The van der Waals surface area contributed by atoms with E-state index in [-0.39, 0.29) is 6.47 Å². The Bertz CT molecular complexity index is 1600. The molecular weight excluding hydrogens is 664 g/mol. The van der Waals surface area contributed by atoms with Crippen LogP contribution in [0.2, 0.25) is 5.02 Å². The Morgan fingerprint density at radius 1 is 0.920 bits per heavy atom. The molecule has 11 nitrogen and oxygen atoms in total. The van der Waals surface area contributed by atoms with Gasteiger partial charge >= 0.3 is 5.97 Å². The van der Waals surface area contributed by atoms with Gasteiger partial charge in [-0.3, -0.25) is 14.6 Å². The Morgan fingerprint density at radius 3 is 2.36 bits per heavy atom. The number of piperidine rings is 2. The molecule has 3 aromatic carbocycles. The molecular formula is C38H47ClN2O9. The number of nitrogens with zero attached hydrogens (tertiary/aromatic N) is 2. The fraction of sp³-hybridized carbons (Fsp3) is 0.474. The number of fused-ring (bicyclic) bond motifs is 1. The largest absolute Gasteiger partial charge is 0.492 e. The summed E-state index contributed by atoms with van der Waals surface area (Å²) in [5.41, 5.74) is 3.99. The SMILES string of the molecule is COC(=O)C1(O)CCN(CCOc2cc(OCc3cccc(-c4ccc5c(c4)OCCO5)c3C)c(Cl)cc2CN2CCCCC2)CC1.O=CO. The second-order valence-corrected chi connectivity index (χ2v) is 13.2. The molecule has 6 rings (SSSR count). The Balaban J connectivity index is 0.00000156. The standard InChI is InChI=1S/C37H45ClN2O7.CH2O2/c1-26-28(7-6-8-30(26)27-9-10-32-35(22-27)46-20-19-45-32)25-47-34-23-33(29(21-31(34)38)24-40-13-4-3-5-14-40)44-18-17-39-15-11-37(42,12-16-39)36(41)43-2;2-1-3/h6-10,21-23,42H,3-5,11-20,24-25H2,1-2H3;1H,(H,2,3). The van der Waals surface area contributed by atoms with Gasteiger partial charge in [-0.05, 0) is 86.1 Å². The third-order valence-corrected chi connectivity index (χ3v) is 9.85. The highest BCUT2D eigenvalue weighted by molar-refractivity contribution is 6.32. The minimum absolute atomic E-state index is 0.250. The van der Waals surface area contributed by atoms with Gasteiger partial charge in [0.05, 0.1) is 12.1 Å². The number of esters is 1. The first-order valence-electron chi connectivity index (χ1n) is 17.1. The molecule has 0 spiro atoms. The third-order valence-electron chi connectivity index (χ3n) is 9.55. The summed E-state index contributed by atoms with van der Waals surface area (Å²) in [6.07, 6.45) is 4.34. The van der Waals surface area contributed by atoms with E-state index in [1.165, 1.54) is 26.4 Å². The van der Waals surface area contributed by atoms with Crippen LogP contribution in [-0.4, -0.2) is 97.7 Å². The fourth-order valence-electron chi connectivity index (χ4n) is 6.65. The molecule has 0 radical (unpaired) electrons. The molecule has 0 amide bonds. The van der Waals surface area contributed by atoms with Gasteiger partial charge in [0.15, 0.2) is 17.1 Å². The lowest BCUT2D eigenvalue weighted by Gasteiger charge is -2.36. The minimum atomic E-state index is -1.40. The number of likely N-dealkylation sites (tertiary alicyclic amines) is 2. The number of hydrogen-bond donors (Lipinski definition) is 2. The van der Waals surface area contributed by atoms with Crippen LogP contribution in [0.25, 0.3) is 11.1 Å². The number of aliphatic hydroxyl groups is 1. The number of halogens is 1. The summed E-state index contributed by atoms with van der Waals surface area (Å²) >= 11 is 6.85. The summed E-state index contributed by atoms with van der Waals surface area (Å²) in [4.78, 5) is 25.0. The lowest BCUT2D eigenvalue weighted by molar-refractivity contribution is -0.167. The van der Waals surface area contributed by atoms with E-state index >= 15 is 0 Å². The van der Waals surface area contributed by atoms with Gasteiger partial charge in [0.25, 0.3) is 6.47 Å². The smallest absolute Gasteiger partial charge is 0.337 e. The third kappa shape index (κ3) is 9.39. The van der Waals surface area contributed by atoms with Crippen LogP contribution in [0, 0.1) is 6.92 Å². The van der Waals surface area contributed by atoms with E-state index in [1.54, 1.807) is 0 Å². The van der Waals surface area contributed by atoms with Crippen LogP contribution in [-0.2, 0) is 27.5 Å². The van der Waals surface area contributed by atoms with Gasteiger partial charge in [0.1, 0.15) is 37.9 Å². The van der Waals surface area contributed by atoms with E-state index in [0.29, 0.717) is 69.7 Å². The molecule has 0 atom stereocenters. The van der Waals surface area contributed by atoms with E-state index in [4.69, 9.17) is 45.2 Å². The molecule has 2 saturated heterocycles. The molecule has 0 unspecified atom stereocenters. The Kier molecular flexibility index (Phi) is 13.2. The maximum atomic E-state index is 12.0. The zero-order chi connectivity index (χ0) is 35.5. The number of hydrogen-bond acceptors (Lipinski definition) is 10. The molecule has 270 valence electrons. The van der Waals surface area contributed by atoms with Crippen LogP contribution in [0.5, 0.6) is 23.0 Å². The second-order valence-electron chi connectivity index (χ2n) is 12.8. The highest BCUT2D eigenvalue weighted by Gasteiger charge is 2.40. The number of methoxy groups -OCH3 is 1. The van der Waals surface area contributed by atoms with Gasteiger partial charge in [0.2, 0.25) is 0 Å². The van der Waals surface area contributed by atoms with E-state index < -0.39 is 11.6 Å². The minimum Gasteiger partial charge on any atom is -0.492 e. The van der Waals surface area contributed by atoms with Crippen molar-refractivity contribution in [1.29, 1.82) is 0 Å². The average Bonchev–Trinajstić information content (AvgIpc) is 3.13. The Labute approximate surface area is 298 Å². The first-order chi connectivity index (χ1) is 24.2. The quantitative estimate of drug-likeness (QED) is 0.187. The van der Waals surface area contributed by atoms with Crippen LogP contribution in [0.1, 0.15) is 48.8 Å². The summed E-state index contributed by atoms with van der Waals surface area (Å²) in [6.45, 7) is 8.53. The van der Waals surface area contributed by atoms with Gasteiger partial charge in [-0.2, -0.15) is 0 Å². The predicted octanol–water partition coefficient (Wildman–Crippen LogP) is 5.73. The molecule has 2 N–H and O–H groups in total. The fourth-order valence-corrected chi connectivity index (χ4v) is 6.89. The molecule has 50 heavy (non-hydrogen) atoms. The first kappa shape index (κ1) is 37.2. The maximum Gasteiger partial charge on any atom is 0.337 e. The van der Waals surface area contributed by atoms with Gasteiger partial charge < -0.3 is 33.9 Å². The highest BCUT2D eigenvalue weighted by atomic mass is 35.5. The van der Waals surface area contributed by atoms with Crippen molar-refractivity contribution in [2.45, 2.75) is 57.8 Å². The molecule has 0 saturated carbocycles. The van der Waals surface area contributed by atoms with Gasteiger partial charge in [-0.15, -0.1) is 0 Å². The van der Waals surface area contributed by atoms with Crippen molar-refractivity contribution in [3.63, 3.8) is 0 Å². The van der Waals surface area contributed by atoms with Crippen LogP contribution >= 0.6 is 11.6 Å². The number of carboxylic acid groups (broad SMARTS) is 1. The highest BCUT2D eigenvalue weighted by Crippen LogP contribution is 2.38. The molecule has 0 aromatic heterocycles. The zero-order valence-corrected chi connectivity index (χ0v) is 29.6. The van der Waals surface area contributed by atoms with Crippen molar-refractivity contribution in [3.05, 3.63) is 70.2 Å². The van der Waals surface area contributed by atoms with Gasteiger partial charge in [0, 0.05) is 37.8 Å². The zero-order valence-electron chi connectivity index (χ0n) is 28.8. The number of carbonyl (C=O) groups excluding carboxylic acids is 1. The van der Waals surface area contributed by atoms with E-state index in [0.717, 1.165) is 64.7 Å². The lowest BCUT2D eigenvalue weighted by atomic mass is 9.91. The van der Waals surface area contributed by atoms with Crippen molar-refractivity contribution < 1.29 is 43.5 Å². The van der Waals surface area contributed by atoms with Gasteiger partial charge in [-0.1, -0.05) is 42.3 Å². The molecule has 0 bridgehead atoms. The normalized spacial score (nSPS) is 17.2. The van der Waals surface area contributed by atoms with Crippen molar-refractivity contribution in [1.82, 2.24) is 9.80 Å². The first-order valence-corrected chi connectivity index (χ1v) is 17.5. The van der Waals surface area contributed by atoms with Crippen molar-refractivity contribution in [2.75, 3.05) is 59.7 Å². The number of benzene rings is 3. The molecule has 3 heterocycles. The summed E-state index contributed by atoms with van der Waals surface area (Å²) in [6, 6.07) is 16.2. The monoisotopic (exact) mass is 710 g/mol. The van der Waals surface area contributed by atoms with Crippen LogP contribution in [0.4, 0.5) is 0 Å². The van der Waals surface area contributed by atoms with Crippen molar-refractivity contribution in [2.24, 2.45) is 0 Å². The molecule has 2 fully saturated rings. The summed E-state index contributed by atoms with van der Waals surface area (Å²) in [5, 5.41) is 18.0. The van der Waals surface area contributed by atoms with Crippen LogP contribution < -0.4 is 18.9 Å². The average molecular weight is 711 g/mol. The summed E-state index contributed by atoms with van der Waals surface area (Å²) in [7, 11) is 1.31. The van der Waals surface area contributed by atoms with Crippen LogP contribution in [0.3, 0.4) is 0 Å². The van der Waals surface area contributed by atoms with Crippen molar-refractivity contribution >= 4 is 24.0 Å². The molecule has 3 aliphatic rings. The van der Waals surface area contributed by atoms with E-state index in [2.05, 4.69) is 34.9 Å². The number of rotatable bonds is 11. The van der Waals surface area contributed by atoms with Crippen LogP contribution in [0.15, 0.2) is 48.5 Å². The van der Waals surface area contributed by atoms with E-state index in [9.17, 15) is 9.90 Å². The summed E-state index contributed by atoms with van der Waals surface area (Å²) < 4.78 is 29.1. The molecule has 3 aromatic rings. The topological polar surface area (TPSA) is 127 Å². The predicted molar refractivity (Wildman–Crippen MR) is 189 cm³/mol. The molecule has 0 aliphatic carbocycles. The maximum absolute atomic E-state index is 12.0. The summed E-state index contributed by atoms with van der Waals surface area (Å²) in [5.74, 6) is 2.32. The lowest BCUT2D eigenvalue weighted by Crippen LogP contribution is -2.50. The Morgan fingerprint density at radius 2 is 1.64 bits per heavy atom. The Hall–Kier alpha value is -4.03. The second kappa shape index (κ2) is 17.8.